The molecular weight excluding hydrogens is 365 g/mol. The number of rotatable bonds is 5. The Morgan fingerprint density at radius 1 is 1.36 bits per heavy atom. The van der Waals surface area contributed by atoms with Gasteiger partial charge in [0.15, 0.2) is 5.76 Å². The van der Waals surface area contributed by atoms with E-state index in [0.29, 0.717) is 15.3 Å². The zero-order valence-electron chi connectivity index (χ0n) is 12.0. The maximum Gasteiger partial charge on any atom is 0.573 e. The van der Waals surface area contributed by atoms with Gasteiger partial charge in [-0.05, 0) is 18.2 Å². The molecule has 1 aromatic carbocycles. The molecule has 0 saturated carbocycles. The first-order chi connectivity index (χ1) is 11.8. The van der Waals surface area contributed by atoms with E-state index in [4.69, 9.17) is 4.42 Å². The highest BCUT2D eigenvalue weighted by molar-refractivity contribution is 7.22. The second kappa shape index (κ2) is 6.39. The van der Waals surface area contributed by atoms with Crippen molar-refractivity contribution in [2.45, 2.75) is 6.36 Å². The van der Waals surface area contributed by atoms with Crippen LogP contribution in [0, 0.1) is 10.1 Å². The van der Waals surface area contributed by atoms with E-state index in [1.165, 1.54) is 30.5 Å². The third-order valence-corrected chi connectivity index (χ3v) is 3.66. The quantitative estimate of drug-likeness (QED) is 0.410. The van der Waals surface area contributed by atoms with Crippen molar-refractivity contribution in [3.63, 3.8) is 0 Å². The summed E-state index contributed by atoms with van der Waals surface area (Å²) in [6.07, 6.45) is -3.56. The Hall–Kier alpha value is -3.15. The van der Waals surface area contributed by atoms with Gasteiger partial charge in [0.2, 0.25) is 5.13 Å². The highest BCUT2D eigenvalue weighted by atomic mass is 32.1. The van der Waals surface area contributed by atoms with E-state index in [9.17, 15) is 23.3 Å². The molecule has 25 heavy (non-hydrogen) atoms. The Morgan fingerprint density at radius 3 is 2.84 bits per heavy atom. The van der Waals surface area contributed by atoms with Crippen LogP contribution in [-0.2, 0) is 0 Å². The number of hydrogen-bond acceptors (Lipinski definition) is 8. The van der Waals surface area contributed by atoms with Crippen LogP contribution in [0.2, 0.25) is 0 Å². The summed E-state index contributed by atoms with van der Waals surface area (Å²) in [6.45, 7) is 0. The first-order valence-electron chi connectivity index (χ1n) is 6.50. The average Bonchev–Trinajstić information content (AvgIpc) is 3.11. The van der Waals surface area contributed by atoms with Gasteiger partial charge in [-0.2, -0.15) is 5.10 Å². The van der Waals surface area contributed by atoms with Crippen LogP contribution in [-0.4, -0.2) is 22.5 Å². The van der Waals surface area contributed by atoms with Crippen LogP contribution >= 0.6 is 11.3 Å². The molecule has 3 aromatic rings. The number of ether oxygens (including phenoxy) is 1. The van der Waals surface area contributed by atoms with Crippen LogP contribution in [0.15, 0.2) is 39.9 Å². The molecule has 8 nitrogen and oxygen atoms in total. The zero-order valence-corrected chi connectivity index (χ0v) is 12.8. The van der Waals surface area contributed by atoms with Crippen molar-refractivity contribution < 1.29 is 27.2 Å². The van der Waals surface area contributed by atoms with Crippen molar-refractivity contribution in [3.05, 3.63) is 46.2 Å². The largest absolute Gasteiger partial charge is 0.573 e. The summed E-state index contributed by atoms with van der Waals surface area (Å²) in [5.74, 6) is -0.610. The summed E-state index contributed by atoms with van der Waals surface area (Å²) < 4.78 is 45.8. The summed E-state index contributed by atoms with van der Waals surface area (Å²) in [4.78, 5) is 13.9. The Morgan fingerprint density at radius 2 is 2.16 bits per heavy atom. The van der Waals surface area contributed by atoms with Gasteiger partial charge in [0, 0.05) is 6.07 Å². The summed E-state index contributed by atoms with van der Waals surface area (Å²) in [7, 11) is 0. The molecule has 0 aliphatic carbocycles. The lowest BCUT2D eigenvalue weighted by Crippen LogP contribution is -2.16. The number of hydrazone groups is 1. The van der Waals surface area contributed by atoms with E-state index in [0.717, 1.165) is 17.4 Å². The molecule has 2 heterocycles. The third kappa shape index (κ3) is 4.23. The molecule has 0 spiro atoms. The monoisotopic (exact) mass is 372 g/mol. The number of nitrogens with zero attached hydrogens (tertiary/aromatic N) is 3. The topological polar surface area (TPSA) is 103 Å². The fourth-order valence-corrected chi connectivity index (χ4v) is 2.65. The van der Waals surface area contributed by atoms with E-state index >= 15 is 0 Å². The summed E-state index contributed by atoms with van der Waals surface area (Å²) in [5.41, 5.74) is 3.04. The second-order valence-electron chi connectivity index (χ2n) is 4.50. The van der Waals surface area contributed by atoms with Gasteiger partial charge in [-0.15, -0.1) is 13.2 Å². The Bertz CT molecular complexity index is 950. The van der Waals surface area contributed by atoms with Crippen molar-refractivity contribution in [1.82, 2.24) is 4.98 Å². The molecule has 12 heteroatoms. The predicted molar refractivity (Wildman–Crippen MR) is 82.9 cm³/mol. The number of fused-ring (bicyclic) bond motifs is 1. The molecule has 0 unspecified atom stereocenters. The number of hydrogen-bond donors (Lipinski definition) is 1. The molecule has 2 aromatic heterocycles. The van der Waals surface area contributed by atoms with Gasteiger partial charge in [-0.3, -0.25) is 15.5 Å². The van der Waals surface area contributed by atoms with Gasteiger partial charge < -0.3 is 9.15 Å². The van der Waals surface area contributed by atoms with Crippen LogP contribution in [0.1, 0.15) is 5.76 Å². The minimum atomic E-state index is -4.77. The fraction of sp³-hybridized carbons (Fsp3) is 0.0769. The Labute approximate surface area is 140 Å². The number of thiazole rings is 1. The Kier molecular flexibility index (Phi) is 4.27. The number of nitrogens with one attached hydrogen (secondary N) is 1. The zero-order chi connectivity index (χ0) is 18.0. The molecule has 0 bridgehead atoms. The number of benzene rings is 1. The van der Waals surface area contributed by atoms with Crippen LogP contribution < -0.4 is 10.2 Å². The number of nitro groups is 1. The Balaban J connectivity index is 1.71. The van der Waals surface area contributed by atoms with Crippen LogP contribution in [0.25, 0.3) is 10.2 Å². The van der Waals surface area contributed by atoms with Crippen LogP contribution in [0.5, 0.6) is 5.75 Å². The maximum absolute atomic E-state index is 12.2. The average molecular weight is 372 g/mol. The highest BCUT2D eigenvalue weighted by Gasteiger charge is 2.31. The first kappa shape index (κ1) is 16.7. The van der Waals surface area contributed by atoms with Crippen LogP contribution in [0.3, 0.4) is 0 Å². The van der Waals surface area contributed by atoms with E-state index < -0.39 is 17.2 Å². The highest BCUT2D eigenvalue weighted by Crippen LogP contribution is 2.31. The minimum absolute atomic E-state index is 0.154. The minimum Gasteiger partial charge on any atom is -0.406 e. The van der Waals surface area contributed by atoms with E-state index in [2.05, 4.69) is 20.2 Å². The molecule has 0 fully saturated rings. The number of halogens is 3. The van der Waals surface area contributed by atoms with E-state index in [-0.39, 0.29) is 11.5 Å². The van der Waals surface area contributed by atoms with Gasteiger partial charge in [-0.25, -0.2) is 4.98 Å². The second-order valence-corrected chi connectivity index (χ2v) is 5.53. The number of anilines is 1. The van der Waals surface area contributed by atoms with Gasteiger partial charge in [0.05, 0.1) is 22.5 Å². The normalized spacial score (nSPS) is 12.0. The van der Waals surface area contributed by atoms with Gasteiger partial charge >= 0.3 is 12.2 Å². The predicted octanol–water partition coefficient (Wildman–Crippen LogP) is 4.14. The van der Waals surface area contributed by atoms with Gasteiger partial charge in [0.1, 0.15) is 10.7 Å². The standard InChI is InChI=1S/C13H7F3N4O4S/c14-13(15,16)24-7-1-3-9-10(5-7)25-12(18-9)19-17-6-8-2-4-11(23-8)20(21)22/h1-6H,(H,18,19)/b17-6-. The van der Waals surface area contributed by atoms with Crippen LogP contribution in [0.4, 0.5) is 24.2 Å². The SMILES string of the molecule is O=[N+]([O-])c1ccc(/C=N\Nc2nc3ccc(OC(F)(F)F)cc3s2)o1. The smallest absolute Gasteiger partial charge is 0.406 e. The van der Waals surface area contributed by atoms with Crippen molar-refractivity contribution in [3.8, 4) is 5.75 Å². The molecule has 0 atom stereocenters. The summed E-state index contributed by atoms with van der Waals surface area (Å²) in [6, 6.07) is 6.30. The number of alkyl halides is 3. The molecule has 0 radical (unpaired) electrons. The lowest BCUT2D eigenvalue weighted by Gasteiger charge is -2.07. The third-order valence-electron chi connectivity index (χ3n) is 2.74. The van der Waals surface area contributed by atoms with Gasteiger partial charge in [-0.1, -0.05) is 11.3 Å². The first-order valence-corrected chi connectivity index (χ1v) is 7.31. The molecule has 3 rings (SSSR count). The van der Waals surface area contributed by atoms with E-state index in [1.807, 2.05) is 0 Å². The van der Waals surface area contributed by atoms with Crippen molar-refractivity contribution in [1.29, 1.82) is 0 Å². The van der Waals surface area contributed by atoms with Gasteiger partial charge in [0.25, 0.3) is 0 Å². The fourth-order valence-electron chi connectivity index (χ4n) is 1.81. The molecule has 130 valence electrons. The molecule has 1 N–H and O–H groups in total. The summed E-state index contributed by atoms with van der Waals surface area (Å²) in [5, 5.41) is 14.6. The molecule has 0 amide bonds. The van der Waals surface area contributed by atoms with Crippen molar-refractivity contribution >= 4 is 38.8 Å². The number of aromatic nitrogens is 1. The van der Waals surface area contributed by atoms with E-state index in [1.54, 1.807) is 0 Å². The lowest BCUT2D eigenvalue weighted by molar-refractivity contribution is -0.402. The van der Waals surface area contributed by atoms with Crippen molar-refractivity contribution in [2.24, 2.45) is 5.10 Å². The molecule has 0 aliphatic heterocycles. The molecular formula is C13H7F3N4O4S. The maximum atomic E-state index is 12.2. The lowest BCUT2D eigenvalue weighted by atomic mass is 10.3. The summed E-state index contributed by atoms with van der Waals surface area (Å²) >= 11 is 1.06. The molecule has 0 saturated heterocycles. The molecule has 0 aliphatic rings. The van der Waals surface area contributed by atoms with Crippen molar-refractivity contribution in [2.75, 3.05) is 5.43 Å². The number of furan rings is 1.